The SMILES string of the molecule is CCS(=O)(=O)N1CCC(c2ccccc2N)CC1. The second-order valence-corrected chi connectivity index (χ2v) is 6.96. The standard InChI is InChI=1S/C13H20N2O2S/c1-2-18(16,17)15-9-7-11(8-10-15)12-5-3-4-6-13(12)14/h3-6,11H,2,7-10,14H2,1H3. The van der Waals surface area contributed by atoms with Crippen LogP contribution in [0.1, 0.15) is 31.2 Å². The van der Waals surface area contributed by atoms with Crippen LogP contribution in [0.5, 0.6) is 0 Å². The zero-order valence-corrected chi connectivity index (χ0v) is 11.5. The molecule has 5 heteroatoms. The van der Waals surface area contributed by atoms with Crippen LogP contribution < -0.4 is 5.73 Å². The molecule has 18 heavy (non-hydrogen) atoms. The minimum Gasteiger partial charge on any atom is -0.398 e. The predicted octanol–water partition coefficient (Wildman–Crippen LogP) is 1.80. The van der Waals surface area contributed by atoms with Crippen LogP contribution in [0.15, 0.2) is 24.3 Å². The van der Waals surface area contributed by atoms with E-state index in [1.54, 1.807) is 11.2 Å². The molecular weight excluding hydrogens is 248 g/mol. The third kappa shape index (κ3) is 2.67. The van der Waals surface area contributed by atoms with E-state index >= 15 is 0 Å². The lowest BCUT2D eigenvalue weighted by Gasteiger charge is -2.31. The zero-order chi connectivity index (χ0) is 13.2. The molecule has 0 radical (unpaired) electrons. The fourth-order valence-electron chi connectivity index (χ4n) is 2.51. The van der Waals surface area contributed by atoms with Gasteiger partial charge in [-0.25, -0.2) is 12.7 Å². The molecule has 1 aliphatic rings. The molecule has 0 atom stereocenters. The third-order valence-electron chi connectivity index (χ3n) is 3.65. The Kier molecular flexibility index (Phi) is 3.92. The molecule has 1 saturated heterocycles. The molecule has 0 bridgehead atoms. The number of piperidine rings is 1. The van der Waals surface area contributed by atoms with Gasteiger partial charge < -0.3 is 5.73 Å². The van der Waals surface area contributed by atoms with Crippen molar-refractivity contribution in [3.63, 3.8) is 0 Å². The van der Waals surface area contributed by atoms with Gasteiger partial charge in [0.1, 0.15) is 0 Å². The molecule has 1 aromatic carbocycles. The number of benzene rings is 1. The molecule has 0 aromatic heterocycles. The van der Waals surface area contributed by atoms with Crippen molar-refractivity contribution in [3.8, 4) is 0 Å². The van der Waals surface area contributed by atoms with Gasteiger partial charge in [-0.2, -0.15) is 0 Å². The van der Waals surface area contributed by atoms with Gasteiger partial charge >= 0.3 is 0 Å². The molecule has 0 spiro atoms. The highest BCUT2D eigenvalue weighted by Gasteiger charge is 2.27. The molecule has 0 amide bonds. The van der Waals surface area contributed by atoms with E-state index in [1.165, 1.54) is 0 Å². The van der Waals surface area contributed by atoms with Crippen molar-refractivity contribution < 1.29 is 8.42 Å². The highest BCUT2D eigenvalue weighted by atomic mass is 32.2. The molecule has 1 fully saturated rings. The lowest BCUT2D eigenvalue weighted by molar-refractivity contribution is 0.320. The van der Waals surface area contributed by atoms with Crippen LogP contribution in [0.3, 0.4) is 0 Å². The highest BCUT2D eigenvalue weighted by Crippen LogP contribution is 2.32. The molecule has 0 unspecified atom stereocenters. The van der Waals surface area contributed by atoms with Crippen LogP contribution in [-0.4, -0.2) is 31.6 Å². The molecule has 100 valence electrons. The fourth-order valence-corrected chi connectivity index (χ4v) is 3.64. The van der Waals surface area contributed by atoms with Crippen molar-refractivity contribution in [1.29, 1.82) is 0 Å². The van der Waals surface area contributed by atoms with E-state index < -0.39 is 10.0 Å². The third-order valence-corrected chi connectivity index (χ3v) is 5.53. The summed E-state index contributed by atoms with van der Waals surface area (Å²) in [6.45, 7) is 2.90. The summed E-state index contributed by atoms with van der Waals surface area (Å²) in [5.74, 6) is 0.569. The molecule has 4 nitrogen and oxygen atoms in total. The number of nitrogens with zero attached hydrogens (tertiary/aromatic N) is 1. The van der Waals surface area contributed by atoms with Crippen molar-refractivity contribution in [3.05, 3.63) is 29.8 Å². The molecular formula is C13H20N2O2S. The Morgan fingerprint density at radius 2 is 1.89 bits per heavy atom. The Morgan fingerprint density at radius 1 is 1.28 bits per heavy atom. The van der Waals surface area contributed by atoms with Crippen molar-refractivity contribution in [2.45, 2.75) is 25.7 Å². The summed E-state index contributed by atoms with van der Waals surface area (Å²) in [5.41, 5.74) is 7.94. The summed E-state index contributed by atoms with van der Waals surface area (Å²) < 4.78 is 25.1. The summed E-state index contributed by atoms with van der Waals surface area (Å²) in [6, 6.07) is 7.87. The van der Waals surface area contributed by atoms with Crippen molar-refractivity contribution in [2.75, 3.05) is 24.6 Å². The summed E-state index contributed by atoms with van der Waals surface area (Å²) in [7, 11) is -3.03. The average molecular weight is 268 g/mol. The maximum absolute atomic E-state index is 11.8. The van der Waals surface area contributed by atoms with Gasteiger partial charge in [0.25, 0.3) is 0 Å². The van der Waals surface area contributed by atoms with Crippen molar-refractivity contribution in [1.82, 2.24) is 4.31 Å². The molecule has 1 aliphatic heterocycles. The van der Waals surface area contributed by atoms with Gasteiger partial charge in [-0.1, -0.05) is 18.2 Å². The van der Waals surface area contributed by atoms with E-state index in [1.807, 2.05) is 24.3 Å². The monoisotopic (exact) mass is 268 g/mol. The number of hydrogen-bond donors (Lipinski definition) is 1. The number of rotatable bonds is 3. The van der Waals surface area contributed by atoms with Gasteiger partial charge in [-0.15, -0.1) is 0 Å². The first-order chi connectivity index (χ1) is 8.54. The average Bonchev–Trinajstić information content (AvgIpc) is 2.39. The van der Waals surface area contributed by atoms with E-state index in [9.17, 15) is 8.42 Å². The summed E-state index contributed by atoms with van der Waals surface area (Å²) in [4.78, 5) is 0. The number of anilines is 1. The summed E-state index contributed by atoms with van der Waals surface area (Å²) in [5, 5.41) is 0. The Morgan fingerprint density at radius 3 is 2.44 bits per heavy atom. The highest BCUT2D eigenvalue weighted by molar-refractivity contribution is 7.89. The molecule has 1 aromatic rings. The van der Waals surface area contributed by atoms with Crippen LogP contribution >= 0.6 is 0 Å². The van der Waals surface area contributed by atoms with E-state index in [0.717, 1.165) is 24.1 Å². The largest absolute Gasteiger partial charge is 0.398 e. The van der Waals surface area contributed by atoms with E-state index in [0.29, 0.717) is 19.0 Å². The zero-order valence-electron chi connectivity index (χ0n) is 10.7. The summed E-state index contributed by atoms with van der Waals surface area (Å²) in [6.07, 6.45) is 1.71. The summed E-state index contributed by atoms with van der Waals surface area (Å²) >= 11 is 0. The predicted molar refractivity (Wildman–Crippen MR) is 73.9 cm³/mol. The lowest BCUT2D eigenvalue weighted by atomic mass is 9.89. The van der Waals surface area contributed by atoms with Gasteiger partial charge in [0.2, 0.25) is 10.0 Å². The van der Waals surface area contributed by atoms with Gasteiger partial charge in [0, 0.05) is 18.8 Å². The minimum atomic E-state index is -3.03. The molecule has 1 heterocycles. The molecule has 2 N–H and O–H groups in total. The Bertz CT molecular complexity index is 505. The van der Waals surface area contributed by atoms with Gasteiger partial charge in [-0.3, -0.25) is 0 Å². The van der Waals surface area contributed by atoms with E-state index in [2.05, 4.69) is 0 Å². The lowest BCUT2D eigenvalue weighted by Crippen LogP contribution is -2.38. The maximum atomic E-state index is 11.8. The molecule has 0 aliphatic carbocycles. The Labute approximate surface area is 109 Å². The normalized spacial score (nSPS) is 18.9. The first kappa shape index (κ1) is 13.4. The second-order valence-electron chi connectivity index (χ2n) is 4.70. The van der Waals surface area contributed by atoms with E-state index in [4.69, 9.17) is 5.73 Å². The molecule has 2 rings (SSSR count). The number of para-hydroxylation sites is 1. The van der Waals surface area contributed by atoms with Crippen LogP contribution in [0.4, 0.5) is 5.69 Å². The van der Waals surface area contributed by atoms with Crippen LogP contribution in [0, 0.1) is 0 Å². The topological polar surface area (TPSA) is 63.4 Å². The van der Waals surface area contributed by atoms with Crippen LogP contribution in [0.25, 0.3) is 0 Å². The first-order valence-electron chi connectivity index (χ1n) is 6.37. The first-order valence-corrected chi connectivity index (χ1v) is 7.97. The van der Waals surface area contributed by atoms with E-state index in [-0.39, 0.29) is 5.75 Å². The fraction of sp³-hybridized carbons (Fsp3) is 0.538. The number of nitrogen functional groups attached to an aromatic ring is 1. The number of hydrogen-bond acceptors (Lipinski definition) is 3. The van der Waals surface area contributed by atoms with Gasteiger partial charge in [0.15, 0.2) is 0 Å². The second kappa shape index (κ2) is 5.28. The minimum absolute atomic E-state index is 0.186. The quantitative estimate of drug-likeness (QED) is 0.850. The Hall–Kier alpha value is -1.07. The van der Waals surface area contributed by atoms with Crippen molar-refractivity contribution >= 4 is 15.7 Å². The molecule has 0 saturated carbocycles. The van der Waals surface area contributed by atoms with Crippen LogP contribution in [0.2, 0.25) is 0 Å². The van der Waals surface area contributed by atoms with Gasteiger partial charge in [-0.05, 0) is 37.3 Å². The number of nitrogens with two attached hydrogens (primary N) is 1. The Balaban J connectivity index is 2.06. The van der Waals surface area contributed by atoms with Gasteiger partial charge in [0.05, 0.1) is 5.75 Å². The smallest absolute Gasteiger partial charge is 0.213 e. The number of sulfonamides is 1. The van der Waals surface area contributed by atoms with Crippen LogP contribution in [-0.2, 0) is 10.0 Å². The maximum Gasteiger partial charge on any atom is 0.213 e. The van der Waals surface area contributed by atoms with Crippen molar-refractivity contribution in [2.24, 2.45) is 0 Å².